The highest BCUT2D eigenvalue weighted by molar-refractivity contribution is 5.86. The van der Waals surface area contributed by atoms with Crippen molar-refractivity contribution in [2.24, 2.45) is 5.41 Å². The van der Waals surface area contributed by atoms with Crippen LogP contribution in [0.3, 0.4) is 0 Å². The summed E-state index contributed by atoms with van der Waals surface area (Å²) in [4.78, 5) is 10.8. The van der Waals surface area contributed by atoms with E-state index in [2.05, 4.69) is 6.92 Å². The molecule has 0 aromatic heterocycles. The number of hydrogen-bond acceptors (Lipinski definition) is 1. The van der Waals surface area contributed by atoms with Gasteiger partial charge in [0.05, 0.1) is 0 Å². The van der Waals surface area contributed by atoms with Crippen molar-refractivity contribution in [3.63, 3.8) is 0 Å². The van der Waals surface area contributed by atoms with Crippen LogP contribution >= 0.6 is 0 Å². The fourth-order valence-electron chi connectivity index (χ4n) is 2.06. The summed E-state index contributed by atoms with van der Waals surface area (Å²) < 4.78 is 0. The van der Waals surface area contributed by atoms with Crippen molar-refractivity contribution in [1.29, 1.82) is 0 Å². The molecule has 2 nitrogen and oxygen atoms in total. The van der Waals surface area contributed by atoms with E-state index in [1.54, 1.807) is 0 Å². The van der Waals surface area contributed by atoms with E-state index in [4.69, 9.17) is 5.11 Å². The molecular formula is C11H18O2. The van der Waals surface area contributed by atoms with Gasteiger partial charge in [-0.25, -0.2) is 4.79 Å². The van der Waals surface area contributed by atoms with Crippen molar-refractivity contribution >= 4 is 5.97 Å². The zero-order chi connectivity index (χ0) is 9.90. The normalized spacial score (nSPS) is 21.8. The molecule has 0 bridgehead atoms. The number of carboxylic acids is 1. The van der Waals surface area contributed by atoms with Crippen molar-refractivity contribution in [1.82, 2.24) is 0 Å². The van der Waals surface area contributed by atoms with E-state index < -0.39 is 5.97 Å². The molecule has 1 fully saturated rings. The predicted octanol–water partition coefficient (Wildman–Crippen LogP) is 2.99. The monoisotopic (exact) mass is 182 g/mol. The second-order valence-corrected chi connectivity index (χ2v) is 4.19. The lowest BCUT2D eigenvalue weighted by Gasteiger charge is -2.19. The molecule has 0 heterocycles. The van der Waals surface area contributed by atoms with Crippen LogP contribution in [0, 0.1) is 5.41 Å². The summed E-state index contributed by atoms with van der Waals surface area (Å²) >= 11 is 0. The Morgan fingerprint density at radius 2 is 2.00 bits per heavy atom. The van der Waals surface area contributed by atoms with Gasteiger partial charge in [0.25, 0.3) is 0 Å². The van der Waals surface area contributed by atoms with Gasteiger partial charge in [0.2, 0.25) is 0 Å². The molecule has 0 saturated heterocycles. The third-order valence-electron chi connectivity index (χ3n) is 2.92. The third-order valence-corrected chi connectivity index (χ3v) is 2.92. The lowest BCUT2D eigenvalue weighted by molar-refractivity contribution is -0.132. The van der Waals surface area contributed by atoms with Gasteiger partial charge < -0.3 is 5.11 Å². The van der Waals surface area contributed by atoms with Crippen LogP contribution in [0.2, 0.25) is 0 Å². The first kappa shape index (κ1) is 10.3. The third kappa shape index (κ3) is 2.58. The van der Waals surface area contributed by atoms with Crippen LogP contribution in [0.25, 0.3) is 0 Å². The second kappa shape index (κ2) is 3.95. The van der Waals surface area contributed by atoms with Gasteiger partial charge in [-0.2, -0.15) is 0 Å². The van der Waals surface area contributed by atoms with E-state index in [1.165, 1.54) is 12.8 Å². The molecule has 13 heavy (non-hydrogen) atoms. The molecule has 1 aliphatic rings. The number of aliphatic carboxylic acids is 1. The first-order valence-electron chi connectivity index (χ1n) is 5.02. The quantitative estimate of drug-likeness (QED) is 0.681. The van der Waals surface area contributed by atoms with Crippen LogP contribution in [0.5, 0.6) is 0 Å². The highest BCUT2D eigenvalue weighted by Crippen LogP contribution is 2.39. The first-order valence-corrected chi connectivity index (χ1v) is 5.02. The average Bonchev–Trinajstić information content (AvgIpc) is 2.48. The van der Waals surface area contributed by atoms with E-state index in [1.807, 2.05) is 13.0 Å². The predicted molar refractivity (Wildman–Crippen MR) is 52.6 cm³/mol. The topological polar surface area (TPSA) is 37.3 Å². The minimum atomic E-state index is -0.754. The molecule has 1 aliphatic carbocycles. The Hall–Kier alpha value is -0.790. The van der Waals surface area contributed by atoms with Gasteiger partial charge in [-0.3, -0.25) is 0 Å². The summed E-state index contributed by atoms with van der Waals surface area (Å²) in [6, 6.07) is 0. The number of carboxylic acid groups (broad SMARTS) is 1. The molecule has 0 unspecified atom stereocenters. The van der Waals surface area contributed by atoms with E-state index in [9.17, 15) is 4.79 Å². The lowest BCUT2D eigenvalue weighted by Crippen LogP contribution is -2.11. The van der Waals surface area contributed by atoms with E-state index >= 15 is 0 Å². The Bertz CT molecular complexity index is 222. The summed E-state index contributed by atoms with van der Waals surface area (Å²) in [6.45, 7) is 4.07. The summed E-state index contributed by atoms with van der Waals surface area (Å²) in [6.07, 6.45) is 7.37. The number of carbonyl (C=O) groups is 1. The maximum absolute atomic E-state index is 10.8. The van der Waals surface area contributed by atoms with Gasteiger partial charge in [0.15, 0.2) is 0 Å². The molecule has 0 aliphatic heterocycles. The van der Waals surface area contributed by atoms with E-state index in [0.29, 0.717) is 12.0 Å². The fraction of sp³-hybridized carbons (Fsp3) is 0.727. The molecule has 0 atom stereocenters. The summed E-state index contributed by atoms with van der Waals surface area (Å²) in [5.74, 6) is -0.754. The van der Waals surface area contributed by atoms with Gasteiger partial charge in [0.1, 0.15) is 0 Å². The van der Waals surface area contributed by atoms with Crippen LogP contribution in [-0.4, -0.2) is 11.1 Å². The van der Waals surface area contributed by atoms with Crippen LogP contribution in [0.1, 0.15) is 46.0 Å². The zero-order valence-electron chi connectivity index (χ0n) is 8.47. The maximum atomic E-state index is 10.8. The van der Waals surface area contributed by atoms with Crippen molar-refractivity contribution in [3.05, 3.63) is 11.6 Å². The van der Waals surface area contributed by atoms with Crippen LogP contribution in [-0.2, 0) is 4.79 Å². The Morgan fingerprint density at radius 1 is 1.46 bits per heavy atom. The molecule has 0 spiro atoms. The molecule has 1 N–H and O–H groups in total. The van der Waals surface area contributed by atoms with E-state index in [-0.39, 0.29) is 5.41 Å². The van der Waals surface area contributed by atoms with E-state index in [0.717, 1.165) is 12.8 Å². The molecular weight excluding hydrogens is 164 g/mol. The highest BCUT2D eigenvalue weighted by Gasteiger charge is 2.27. The Morgan fingerprint density at radius 3 is 2.38 bits per heavy atom. The smallest absolute Gasteiger partial charge is 0.331 e. The molecule has 74 valence electrons. The molecule has 0 radical (unpaired) electrons. The molecule has 0 aromatic rings. The number of rotatable bonds is 3. The Kier molecular flexibility index (Phi) is 3.12. The number of hydrogen-bond donors (Lipinski definition) is 1. The lowest BCUT2D eigenvalue weighted by atomic mass is 9.86. The van der Waals surface area contributed by atoms with Gasteiger partial charge in [0, 0.05) is 5.57 Å². The molecule has 1 saturated carbocycles. The van der Waals surface area contributed by atoms with Gasteiger partial charge in [-0.1, -0.05) is 32.8 Å². The van der Waals surface area contributed by atoms with Crippen LogP contribution in [0.4, 0.5) is 0 Å². The summed E-state index contributed by atoms with van der Waals surface area (Å²) in [5.41, 5.74) is 0.730. The summed E-state index contributed by atoms with van der Waals surface area (Å²) in [7, 11) is 0. The molecule has 0 aromatic carbocycles. The fourth-order valence-corrected chi connectivity index (χ4v) is 2.06. The van der Waals surface area contributed by atoms with Crippen molar-refractivity contribution < 1.29 is 9.90 Å². The second-order valence-electron chi connectivity index (χ2n) is 4.19. The average molecular weight is 182 g/mol. The molecule has 2 heteroatoms. The minimum Gasteiger partial charge on any atom is -0.478 e. The summed E-state index contributed by atoms with van der Waals surface area (Å²) in [5, 5.41) is 8.88. The zero-order valence-corrected chi connectivity index (χ0v) is 8.47. The standard InChI is InChI=1S/C11H18O2/c1-3-9(10(12)13)8-11(2)6-4-5-7-11/h8H,3-7H2,1-2H3,(H,12,13)/b9-8+. The van der Waals surface area contributed by atoms with Crippen molar-refractivity contribution in [3.8, 4) is 0 Å². The van der Waals surface area contributed by atoms with Crippen molar-refractivity contribution in [2.75, 3.05) is 0 Å². The SMILES string of the molecule is CC/C(=C\C1(C)CCCC1)C(=O)O. The van der Waals surface area contributed by atoms with Gasteiger partial charge in [-0.05, 0) is 24.7 Å². The van der Waals surface area contributed by atoms with Crippen LogP contribution in [0.15, 0.2) is 11.6 Å². The Balaban J connectivity index is 2.76. The molecule has 0 amide bonds. The highest BCUT2D eigenvalue weighted by atomic mass is 16.4. The molecule has 1 rings (SSSR count). The maximum Gasteiger partial charge on any atom is 0.331 e. The van der Waals surface area contributed by atoms with Crippen LogP contribution < -0.4 is 0 Å². The largest absolute Gasteiger partial charge is 0.478 e. The van der Waals surface area contributed by atoms with Gasteiger partial charge >= 0.3 is 5.97 Å². The first-order chi connectivity index (χ1) is 6.07. The van der Waals surface area contributed by atoms with Crippen molar-refractivity contribution in [2.45, 2.75) is 46.0 Å². The Labute approximate surface area is 79.6 Å². The minimum absolute atomic E-state index is 0.156. The number of allylic oxidation sites excluding steroid dienone is 1. The van der Waals surface area contributed by atoms with Gasteiger partial charge in [-0.15, -0.1) is 0 Å².